The number of carbonyl (C=O) groups excluding carboxylic acids is 1. The van der Waals surface area contributed by atoms with E-state index in [-0.39, 0.29) is 12.5 Å². The molecule has 1 aromatic rings. The molecule has 1 saturated heterocycles. The number of carbonyl (C=O) groups is 1. The highest BCUT2D eigenvalue weighted by atomic mass is 16.2. The van der Waals surface area contributed by atoms with Crippen LogP contribution in [0.3, 0.4) is 0 Å². The summed E-state index contributed by atoms with van der Waals surface area (Å²) in [5.41, 5.74) is 1.96. The number of benzene rings is 1. The molecule has 21 heavy (non-hydrogen) atoms. The van der Waals surface area contributed by atoms with E-state index in [2.05, 4.69) is 18.8 Å². The van der Waals surface area contributed by atoms with Gasteiger partial charge in [-0.1, -0.05) is 43.4 Å². The maximum absolute atomic E-state index is 12.3. The lowest BCUT2D eigenvalue weighted by Crippen LogP contribution is -2.30. The van der Waals surface area contributed by atoms with E-state index in [0.29, 0.717) is 18.9 Å². The normalized spacial score (nSPS) is 18.9. The van der Waals surface area contributed by atoms with Gasteiger partial charge in [-0.25, -0.2) is 0 Å². The second-order valence-electron chi connectivity index (χ2n) is 5.53. The zero-order chi connectivity index (χ0) is 15.1. The van der Waals surface area contributed by atoms with Crippen LogP contribution in [0.2, 0.25) is 0 Å². The maximum Gasteiger partial charge on any atom is 0.222 e. The van der Waals surface area contributed by atoms with E-state index in [4.69, 9.17) is 5.11 Å². The van der Waals surface area contributed by atoms with Crippen LogP contribution in [-0.4, -0.2) is 29.1 Å². The molecular formula is C18H23NO2. The molecule has 112 valence electrons. The third kappa shape index (κ3) is 4.34. The number of aliphatic hydroxyl groups excluding tert-OH is 1. The molecule has 0 spiro atoms. The van der Waals surface area contributed by atoms with Gasteiger partial charge in [0.1, 0.15) is 6.61 Å². The van der Waals surface area contributed by atoms with Crippen LogP contribution in [0.5, 0.6) is 0 Å². The number of amides is 1. The van der Waals surface area contributed by atoms with Crippen LogP contribution < -0.4 is 0 Å². The van der Waals surface area contributed by atoms with Crippen molar-refractivity contribution in [3.05, 3.63) is 35.4 Å². The Kier molecular flexibility index (Phi) is 5.83. The predicted octanol–water partition coefficient (Wildman–Crippen LogP) is 2.57. The number of aliphatic hydroxyl groups is 1. The number of nitrogens with zero attached hydrogens (tertiary/aromatic N) is 1. The standard InChI is InChI=1S/C18H23NO2/c1-2-15-9-10-18(21)19(12-11-15)14-17-7-4-3-6-16(17)8-5-13-20/h3-4,6-7,15,20H,2,9-14H2,1H3. The molecule has 2 rings (SSSR count). The fraction of sp³-hybridized carbons (Fsp3) is 0.500. The van der Waals surface area contributed by atoms with Crippen LogP contribution in [0.25, 0.3) is 0 Å². The van der Waals surface area contributed by atoms with E-state index in [0.717, 1.165) is 36.9 Å². The van der Waals surface area contributed by atoms with Gasteiger partial charge in [-0.15, -0.1) is 0 Å². The van der Waals surface area contributed by atoms with E-state index in [1.165, 1.54) is 0 Å². The second kappa shape index (κ2) is 7.85. The van der Waals surface area contributed by atoms with Gasteiger partial charge in [-0.2, -0.15) is 0 Å². The van der Waals surface area contributed by atoms with Gasteiger partial charge in [0.25, 0.3) is 0 Å². The van der Waals surface area contributed by atoms with Crippen molar-refractivity contribution in [2.75, 3.05) is 13.2 Å². The summed E-state index contributed by atoms with van der Waals surface area (Å²) in [5, 5.41) is 8.84. The SMILES string of the molecule is CCC1CCC(=O)N(Cc2ccccc2C#CCO)CC1. The van der Waals surface area contributed by atoms with Gasteiger partial charge in [0.15, 0.2) is 0 Å². The molecule has 1 aliphatic rings. The lowest BCUT2D eigenvalue weighted by molar-refractivity contribution is -0.131. The summed E-state index contributed by atoms with van der Waals surface area (Å²) in [5.74, 6) is 6.56. The van der Waals surface area contributed by atoms with Crippen molar-refractivity contribution in [3.8, 4) is 11.8 Å². The molecule has 1 N–H and O–H groups in total. The fourth-order valence-corrected chi connectivity index (χ4v) is 2.79. The molecule has 1 fully saturated rings. The molecule has 1 atom stereocenters. The van der Waals surface area contributed by atoms with Crippen LogP contribution in [0.15, 0.2) is 24.3 Å². The van der Waals surface area contributed by atoms with Crippen LogP contribution in [0, 0.1) is 17.8 Å². The minimum Gasteiger partial charge on any atom is -0.384 e. The lowest BCUT2D eigenvalue weighted by atomic mass is 9.98. The average Bonchev–Trinajstić information content (AvgIpc) is 2.69. The average molecular weight is 285 g/mol. The monoisotopic (exact) mass is 285 g/mol. The summed E-state index contributed by atoms with van der Waals surface area (Å²) >= 11 is 0. The Morgan fingerprint density at radius 2 is 2.14 bits per heavy atom. The van der Waals surface area contributed by atoms with E-state index in [1.807, 2.05) is 29.2 Å². The van der Waals surface area contributed by atoms with Crippen molar-refractivity contribution in [3.63, 3.8) is 0 Å². The van der Waals surface area contributed by atoms with Gasteiger partial charge < -0.3 is 10.0 Å². The van der Waals surface area contributed by atoms with Gasteiger partial charge in [0.2, 0.25) is 5.91 Å². The third-order valence-electron chi connectivity index (χ3n) is 4.18. The van der Waals surface area contributed by atoms with Gasteiger partial charge in [-0.3, -0.25) is 4.79 Å². The molecule has 1 unspecified atom stereocenters. The Morgan fingerprint density at radius 3 is 2.90 bits per heavy atom. The van der Waals surface area contributed by atoms with E-state index in [1.54, 1.807) is 0 Å². The number of hydrogen-bond acceptors (Lipinski definition) is 2. The Labute approximate surface area is 127 Å². The summed E-state index contributed by atoms with van der Waals surface area (Å²) in [6.45, 7) is 3.50. The Bertz CT molecular complexity index is 542. The molecule has 1 amide bonds. The molecule has 0 aliphatic carbocycles. The van der Waals surface area contributed by atoms with Crippen LogP contribution in [0.1, 0.15) is 43.7 Å². The van der Waals surface area contributed by atoms with Crippen LogP contribution in [-0.2, 0) is 11.3 Å². The van der Waals surface area contributed by atoms with Gasteiger partial charge in [0.05, 0.1) is 0 Å². The van der Waals surface area contributed by atoms with Crippen molar-refractivity contribution in [1.29, 1.82) is 0 Å². The summed E-state index contributed by atoms with van der Waals surface area (Å²) in [7, 11) is 0. The van der Waals surface area contributed by atoms with Crippen molar-refractivity contribution >= 4 is 5.91 Å². The Balaban J connectivity index is 2.12. The highest BCUT2D eigenvalue weighted by molar-refractivity contribution is 5.76. The summed E-state index contributed by atoms with van der Waals surface area (Å²) in [4.78, 5) is 14.2. The highest BCUT2D eigenvalue weighted by Gasteiger charge is 2.21. The van der Waals surface area contributed by atoms with Crippen molar-refractivity contribution in [2.24, 2.45) is 5.92 Å². The Hall–Kier alpha value is -1.79. The van der Waals surface area contributed by atoms with Crippen LogP contribution >= 0.6 is 0 Å². The molecule has 0 bridgehead atoms. The first-order chi connectivity index (χ1) is 10.2. The first kappa shape index (κ1) is 15.6. The number of hydrogen-bond donors (Lipinski definition) is 1. The number of likely N-dealkylation sites (tertiary alicyclic amines) is 1. The Morgan fingerprint density at radius 1 is 1.33 bits per heavy atom. The zero-order valence-corrected chi connectivity index (χ0v) is 12.6. The van der Waals surface area contributed by atoms with E-state index >= 15 is 0 Å². The summed E-state index contributed by atoms with van der Waals surface area (Å²) < 4.78 is 0. The predicted molar refractivity (Wildman–Crippen MR) is 83.5 cm³/mol. The minimum atomic E-state index is -0.144. The smallest absolute Gasteiger partial charge is 0.222 e. The molecule has 0 aromatic heterocycles. The third-order valence-corrected chi connectivity index (χ3v) is 4.18. The van der Waals surface area contributed by atoms with Crippen molar-refractivity contribution in [1.82, 2.24) is 4.90 Å². The first-order valence-corrected chi connectivity index (χ1v) is 7.70. The minimum absolute atomic E-state index is 0.144. The zero-order valence-electron chi connectivity index (χ0n) is 12.6. The lowest BCUT2D eigenvalue weighted by Gasteiger charge is -2.21. The van der Waals surface area contributed by atoms with Gasteiger partial charge in [-0.05, 0) is 30.4 Å². The largest absolute Gasteiger partial charge is 0.384 e. The topological polar surface area (TPSA) is 40.5 Å². The molecule has 1 aromatic carbocycles. The molecule has 3 nitrogen and oxygen atoms in total. The fourth-order valence-electron chi connectivity index (χ4n) is 2.79. The highest BCUT2D eigenvalue weighted by Crippen LogP contribution is 2.22. The molecule has 0 radical (unpaired) electrons. The molecular weight excluding hydrogens is 262 g/mol. The first-order valence-electron chi connectivity index (χ1n) is 7.70. The van der Waals surface area contributed by atoms with E-state index in [9.17, 15) is 4.79 Å². The molecule has 1 heterocycles. The number of rotatable bonds is 3. The molecule has 1 aliphatic heterocycles. The summed E-state index contributed by atoms with van der Waals surface area (Å²) in [6, 6.07) is 7.85. The van der Waals surface area contributed by atoms with E-state index < -0.39 is 0 Å². The van der Waals surface area contributed by atoms with Gasteiger partial charge in [0, 0.05) is 25.1 Å². The van der Waals surface area contributed by atoms with Crippen molar-refractivity contribution in [2.45, 2.75) is 39.2 Å². The van der Waals surface area contributed by atoms with Crippen LogP contribution in [0.4, 0.5) is 0 Å². The summed E-state index contributed by atoms with van der Waals surface area (Å²) in [6.07, 6.45) is 3.91. The maximum atomic E-state index is 12.3. The van der Waals surface area contributed by atoms with Gasteiger partial charge >= 0.3 is 0 Å². The van der Waals surface area contributed by atoms with Crippen molar-refractivity contribution < 1.29 is 9.90 Å². The molecule has 0 saturated carbocycles. The quantitative estimate of drug-likeness (QED) is 0.867. The molecule has 3 heteroatoms. The second-order valence-corrected chi connectivity index (χ2v) is 5.53.